The Balaban J connectivity index is 2.20. The largest absolute Gasteiger partial charge is 0.444 e. The molecule has 0 unspecified atom stereocenters. The average molecular weight is 351 g/mol. The van der Waals surface area contributed by atoms with Crippen molar-refractivity contribution in [2.24, 2.45) is 5.92 Å². The van der Waals surface area contributed by atoms with E-state index in [2.05, 4.69) is 10.3 Å². The van der Waals surface area contributed by atoms with Gasteiger partial charge in [0.2, 0.25) is 0 Å². The Bertz CT molecular complexity index is 600. The van der Waals surface area contributed by atoms with Gasteiger partial charge < -0.3 is 25.6 Å². The van der Waals surface area contributed by atoms with Gasteiger partial charge >= 0.3 is 6.09 Å². The summed E-state index contributed by atoms with van der Waals surface area (Å²) >= 11 is 0. The number of aromatic nitrogens is 1. The number of carbonyl (C=O) groups excluding carboxylic acids is 1. The van der Waals surface area contributed by atoms with Gasteiger partial charge in [0.15, 0.2) is 0 Å². The van der Waals surface area contributed by atoms with Crippen molar-refractivity contribution in [3.8, 4) is 0 Å². The van der Waals surface area contributed by atoms with E-state index in [1.165, 1.54) is 0 Å². The molecule has 1 aromatic rings. The summed E-state index contributed by atoms with van der Waals surface area (Å²) in [4.78, 5) is 16.1. The average Bonchev–Trinajstić information content (AvgIpc) is 2.47. The first-order valence-corrected chi connectivity index (χ1v) is 8.61. The lowest BCUT2D eigenvalue weighted by Crippen LogP contribution is -2.55. The van der Waals surface area contributed by atoms with Gasteiger partial charge in [-0.25, -0.2) is 4.79 Å². The topological polar surface area (TPSA) is 107 Å². The molecule has 7 nitrogen and oxygen atoms in total. The lowest BCUT2D eigenvalue weighted by Gasteiger charge is -2.42. The molecular formula is C18H29N3O4. The van der Waals surface area contributed by atoms with Crippen LogP contribution in [0.2, 0.25) is 0 Å². The molecule has 4 N–H and O–H groups in total. The smallest absolute Gasteiger partial charge is 0.407 e. The van der Waals surface area contributed by atoms with Crippen molar-refractivity contribution in [1.29, 1.82) is 0 Å². The Morgan fingerprint density at radius 3 is 2.72 bits per heavy atom. The second-order valence-electron chi connectivity index (χ2n) is 7.82. The SMILES string of the molecule is CC(C)[C@H]1O[C@@H](c2ccncc2N)C[C@@H](NC(=O)OC(C)(C)C)[C@@H]1O. The van der Waals surface area contributed by atoms with Crippen LogP contribution in [0, 0.1) is 5.92 Å². The molecule has 0 spiro atoms. The molecule has 0 saturated carbocycles. The fraction of sp³-hybridized carbons (Fsp3) is 0.667. The molecule has 0 bridgehead atoms. The minimum absolute atomic E-state index is 0.0730. The van der Waals surface area contributed by atoms with Crippen LogP contribution in [0.3, 0.4) is 0 Å². The fourth-order valence-corrected chi connectivity index (χ4v) is 2.99. The lowest BCUT2D eigenvalue weighted by atomic mass is 9.87. The zero-order valence-corrected chi connectivity index (χ0v) is 15.5. The number of rotatable bonds is 3. The number of amides is 1. The van der Waals surface area contributed by atoms with E-state index in [1.54, 1.807) is 39.2 Å². The van der Waals surface area contributed by atoms with Gasteiger partial charge in [0.25, 0.3) is 0 Å². The number of pyridine rings is 1. The van der Waals surface area contributed by atoms with Crippen molar-refractivity contribution in [2.45, 2.75) is 71.0 Å². The van der Waals surface area contributed by atoms with Crippen LogP contribution in [0.4, 0.5) is 10.5 Å². The van der Waals surface area contributed by atoms with Crippen LogP contribution in [-0.2, 0) is 9.47 Å². The Labute approximate surface area is 148 Å². The molecule has 140 valence electrons. The van der Waals surface area contributed by atoms with Gasteiger partial charge in [0.05, 0.1) is 30.1 Å². The first kappa shape index (κ1) is 19.5. The van der Waals surface area contributed by atoms with Crippen LogP contribution in [-0.4, -0.2) is 40.0 Å². The molecule has 0 radical (unpaired) electrons. The minimum atomic E-state index is -0.827. The van der Waals surface area contributed by atoms with Gasteiger partial charge in [-0.05, 0) is 32.8 Å². The molecule has 0 aliphatic carbocycles. The number of alkyl carbamates (subject to hydrolysis) is 1. The van der Waals surface area contributed by atoms with Gasteiger partial charge in [-0.3, -0.25) is 4.98 Å². The van der Waals surface area contributed by atoms with Crippen LogP contribution in [0.15, 0.2) is 18.5 Å². The third-order valence-corrected chi connectivity index (χ3v) is 4.13. The van der Waals surface area contributed by atoms with Crippen LogP contribution in [0.5, 0.6) is 0 Å². The third-order valence-electron chi connectivity index (χ3n) is 4.13. The second kappa shape index (κ2) is 7.58. The standard InChI is InChI=1S/C18H29N3O4/c1-10(2)16-15(22)13(21-17(23)25-18(3,4)5)8-14(24-16)11-6-7-20-9-12(11)19/h6-7,9-10,13-16,22H,8,19H2,1-5H3,(H,21,23)/t13-,14-,15+,16-/m1/s1. The van der Waals surface area contributed by atoms with Gasteiger partial charge in [-0.2, -0.15) is 0 Å². The summed E-state index contributed by atoms with van der Waals surface area (Å²) in [6, 6.07) is 1.31. The third kappa shape index (κ3) is 5.06. The first-order valence-electron chi connectivity index (χ1n) is 8.61. The molecule has 1 aromatic heterocycles. The number of aliphatic hydroxyl groups excluding tert-OH is 1. The number of ether oxygens (including phenoxy) is 2. The predicted octanol–water partition coefficient (Wildman–Crippen LogP) is 2.40. The van der Waals surface area contributed by atoms with Crippen molar-refractivity contribution in [3.05, 3.63) is 24.0 Å². The van der Waals surface area contributed by atoms with Gasteiger partial charge in [0.1, 0.15) is 11.7 Å². The van der Waals surface area contributed by atoms with Crippen molar-refractivity contribution in [2.75, 3.05) is 5.73 Å². The highest BCUT2D eigenvalue weighted by molar-refractivity contribution is 5.68. The zero-order chi connectivity index (χ0) is 18.8. The van der Waals surface area contributed by atoms with Crippen LogP contribution in [0.1, 0.15) is 52.7 Å². The number of nitrogens with zero attached hydrogens (tertiary/aromatic N) is 1. The highest BCUT2D eigenvalue weighted by Gasteiger charge is 2.41. The van der Waals surface area contributed by atoms with Crippen molar-refractivity contribution >= 4 is 11.8 Å². The maximum atomic E-state index is 12.1. The van der Waals surface area contributed by atoms with Gasteiger partial charge in [0, 0.05) is 18.2 Å². The molecule has 1 saturated heterocycles. The quantitative estimate of drug-likeness (QED) is 0.772. The Morgan fingerprint density at radius 1 is 1.48 bits per heavy atom. The highest BCUT2D eigenvalue weighted by Crippen LogP contribution is 2.36. The molecule has 25 heavy (non-hydrogen) atoms. The van der Waals surface area contributed by atoms with Gasteiger partial charge in [-0.15, -0.1) is 0 Å². The molecule has 7 heteroatoms. The van der Waals surface area contributed by atoms with E-state index in [9.17, 15) is 9.90 Å². The van der Waals surface area contributed by atoms with Crippen molar-refractivity contribution < 1.29 is 19.4 Å². The fourth-order valence-electron chi connectivity index (χ4n) is 2.99. The summed E-state index contributed by atoms with van der Waals surface area (Å²) in [5.74, 6) is 0.0730. The molecule has 1 aliphatic heterocycles. The number of nitrogens with one attached hydrogen (secondary N) is 1. The van der Waals surface area contributed by atoms with E-state index >= 15 is 0 Å². The number of nitrogen functional groups attached to an aromatic ring is 1. The Hall–Kier alpha value is -1.86. The number of anilines is 1. The van der Waals surface area contributed by atoms with E-state index in [1.807, 2.05) is 13.8 Å². The van der Waals surface area contributed by atoms with E-state index in [0.717, 1.165) is 5.56 Å². The molecule has 2 rings (SSSR count). The van der Waals surface area contributed by atoms with E-state index in [-0.39, 0.29) is 12.0 Å². The number of nitrogens with two attached hydrogens (primary N) is 1. The van der Waals surface area contributed by atoms with Gasteiger partial charge in [-0.1, -0.05) is 13.8 Å². The number of hydrogen-bond acceptors (Lipinski definition) is 6. The van der Waals surface area contributed by atoms with Crippen LogP contribution < -0.4 is 11.1 Å². The van der Waals surface area contributed by atoms with E-state index in [4.69, 9.17) is 15.2 Å². The molecule has 2 heterocycles. The monoisotopic (exact) mass is 351 g/mol. The van der Waals surface area contributed by atoms with E-state index in [0.29, 0.717) is 12.1 Å². The summed E-state index contributed by atoms with van der Waals surface area (Å²) in [5, 5.41) is 13.4. The van der Waals surface area contributed by atoms with Crippen molar-refractivity contribution in [3.63, 3.8) is 0 Å². The Morgan fingerprint density at radius 2 is 2.16 bits per heavy atom. The molecular weight excluding hydrogens is 322 g/mol. The molecule has 4 atom stereocenters. The van der Waals surface area contributed by atoms with Crippen LogP contribution in [0.25, 0.3) is 0 Å². The summed E-state index contributed by atoms with van der Waals surface area (Å²) in [6.45, 7) is 9.33. The maximum Gasteiger partial charge on any atom is 0.407 e. The summed E-state index contributed by atoms with van der Waals surface area (Å²) in [5.41, 5.74) is 6.75. The highest BCUT2D eigenvalue weighted by atomic mass is 16.6. The second-order valence-corrected chi connectivity index (χ2v) is 7.82. The number of hydrogen-bond donors (Lipinski definition) is 3. The molecule has 1 aliphatic rings. The summed E-state index contributed by atoms with van der Waals surface area (Å²) in [6.07, 6.45) is 1.49. The normalized spacial score (nSPS) is 27.2. The first-order chi connectivity index (χ1) is 11.6. The minimum Gasteiger partial charge on any atom is -0.444 e. The summed E-state index contributed by atoms with van der Waals surface area (Å²) < 4.78 is 11.4. The number of carbonyl (C=O) groups is 1. The van der Waals surface area contributed by atoms with Crippen LogP contribution >= 0.6 is 0 Å². The number of aliphatic hydroxyl groups is 1. The van der Waals surface area contributed by atoms with Crippen molar-refractivity contribution in [1.82, 2.24) is 10.3 Å². The molecule has 1 fully saturated rings. The molecule has 0 aromatic carbocycles. The molecule has 1 amide bonds. The maximum absolute atomic E-state index is 12.1. The van der Waals surface area contributed by atoms with E-state index < -0.39 is 29.9 Å². The Kier molecular flexibility index (Phi) is 5.90. The predicted molar refractivity (Wildman–Crippen MR) is 94.9 cm³/mol. The zero-order valence-electron chi connectivity index (χ0n) is 15.5. The summed E-state index contributed by atoms with van der Waals surface area (Å²) in [7, 11) is 0. The lowest BCUT2D eigenvalue weighted by molar-refractivity contribution is -0.150.